The van der Waals surface area contributed by atoms with Gasteiger partial charge in [-0.3, -0.25) is 0 Å². The van der Waals surface area contributed by atoms with Gasteiger partial charge < -0.3 is 0 Å². The van der Waals surface area contributed by atoms with Crippen molar-refractivity contribution in [3.05, 3.63) is 47.2 Å². The molecule has 0 atom stereocenters. The number of rotatable bonds is 33. The SMILES string of the molecule is CCC[CH2][Sn](/[CH]=C/c1cc(/C=[CH]/[Sn]([CH2]CCC)([CH2]CCC)[CH2]CCC)cc(/C=[CH]/[Sn]([CH2]CCC)([CH2]CCC)[CH2]CCC)c1)([CH2]CCC)[CH2]CCC. The summed E-state index contributed by atoms with van der Waals surface area (Å²) in [5.74, 6) is 0. The van der Waals surface area contributed by atoms with Gasteiger partial charge in [0.05, 0.1) is 0 Å². The van der Waals surface area contributed by atoms with E-state index in [1.165, 1.54) is 132 Å². The number of hydrogen-bond donors (Lipinski definition) is 0. The topological polar surface area (TPSA) is 0 Å². The van der Waals surface area contributed by atoms with Crippen molar-refractivity contribution in [3.63, 3.8) is 0 Å². The zero-order chi connectivity index (χ0) is 37.7. The maximum absolute atomic E-state index is 2.92. The molecule has 0 saturated heterocycles. The van der Waals surface area contributed by atoms with Gasteiger partial charge in [-0.15, -0.1) is 0 Å². The Morgan fingerprint density at radius 3 is 0.588 bits per heavy atom. The van der Waals surface area contributed by atoms with Crippen LogP contribution in [0.2, 0.25) is 39.9 Å². The summed E-state index contributed by atoms with van der Waals surface area (Å²) in [6.07, 6.45) is 33.1. The molecule has 0 N–H and O–H groups in total. The molecule has 51 heavy (non-hydrogen) atoms. The molecule has 0 aliphatic rings. The Morgan fingerprint density at radius 1 is 0.294 bits per heavy atom. The number of hydrogen-bond acceptors (Lipinski definition) is 0. The summed E-state index contributed by atoms with van der Waals surface area (Å²) in [5, 5.41) is 0. The van der Waals surface area contributed by atoms with Crippen molar-refractivity contribution in [2.75, 3.05) is 0 Å². The molecule has 1 aromatic carbocycles. The van der Waals surface area contributed by atoms with Gasteiger partial charge in [-0.1, -0.05) is 0 Å². The van der Waals surface area contributed by atoms with Gasteiger partial charge in [-0.2, -0.15) is 0 Å². The molecule has 0 heterocycles. The molecule has 0 fully saturated rings. The Labute approximate surface area is 335 Å². The predicted molar refractivity (Wildman–Crippen MR) is 248 cm³/mol. The van der Waals surface area contributed by atoms with Crippen LogP contribution in [0, 0.1) is 0 Å². The zero-order valence-corrected chi connectivity index (χ0v) is 44.9. The van der Waals surface area contributed by atoms with E-state index >= 15 is 0 Å². The van der Waals surface area contributed by atoms with Crippen molar-refractivity contribution < 1.29 is 0 Å². The molecule has 294 valence electrons. The summed E-state index contributed by atoms with van der Waals surface area (Å²) in [6.45, 7) is 21.7. The Kier molecular flexibility index (Phi) is 30.3. The Bertz CT molecular complexity index is 855. The summed E-state index contributed by atoms with van der Waals surface area (Å²) in [7, 11) is 0. The number of benzene rings is 1. The van der Waals surface area contributed by atoms with Crippen molar-refractivity contribution in [3.8, 4) is 0 Å². The molecule has 1 aromatic rings. The normalized spacial score (nSPS) is 13.1. The van der Waals surface area contributed by atoms with Crippen LogP contribution in [0.3, 0.4) is 0 Å². The summed E-state index contributed by atoms with van der Waals surface area (Å²) in [5.41, 5.74) is 4.49. The van der Waals surface area contributed by atoms with Gasteiger partial charge >= 0.3 is 338 Å². The first kappa shape index (κ1) is 49.9. The Hall–Kier alpha value is 0.836. The average molecular weight is 1020 g/mol. The first-order chi connectivity index (χ1) is 24.8. The molecule has 0 aromatic heterocycles. The van der Waals surface area contributed by atoms with E-state index in [1.807, 2.05) is 0 Å². The molecule has 0 spiro atoms. The third-order valence-electron chi connectivity index (χ3n) is 12.1. The average Bonchev–Trinajstić information content (AvgIpc) is 3.16. The van der Waals surface area contributed by atoms with Crippen LogP contribution in [0.1, 0.15) is 195 Å². The van der Waals surface area contributed by atoms with Crippen molar-refractivity contribution in [1.29, 1.82) is 0 Å². The van der Waals surface area contributed by atoms with Crippen LogP contribution in [0.4, 0.5) is 0 Å². The maximum atomic E-state index is 2.92. The van der Waals surface area contributed by atoms with E-state index in [-0.39, 0.29) is 0 Å². The minimum atomic E-state index is -2.38. The second kappa shape index (κ2) is 31.0. The Morgan fingerprint density at radius 2 is 0.451 bits per heavy atom. The van der Waals surface area contributed by atoms with Crippen molar-refractivity contribution in [2.45, 2.75) is 218 Å². The minimum absolute atomic E-state index is 1.35. The van der Waals surface area contributed by atoms with Crippen LogP contribution < -0.4 is 0 Å². The van der Waals surface area contributed by atoms with Crippen LogP contribution in [0.5, 0.6) is 0 Å². The van der Waals surface area contributed by atoms with Gasteiger partial charge in [-0.05, 0) is 0 Å². The first-order valence-electron chi connectivity index (χ1n) is 23.0. The number of unbranched alkanes of at least 4 members (excludes halogenated alkanes) is 9. The molecule has 3 heteroatoms. The van der Waals surface area contributed by atoms with Crippen LogP contribution >= 0.6 is 0 Å². The summed E-state index contributed by atoms with van der Waals surface area (Å²) < 4.78 is 22.8. The molecule has 0 radical (unpaired) electrons. The molecule has 0 nitrogen and oxygen atoms in total. The Balaban J connectivity index is 3.89. The molecular weight excluding hydrogens is 933 g/mol. The van der Waals surface area contributed by atoms with E-state index in [0.717, 1.165) is 0 Å². The monoisotopic (exact) mass is 1030 g/mol. The molecule has 0 amide bonds. The van der Waals surface area contributed by atoms with E-state index in [4.69, 9.17) is 0 Å². The van der Waals surface area contributed by atoms with Gasteiger partial charge in [0.15, 0.2) is 0 Å². The van der Waals surface area contributed by atoms with Crippen molar-refractivity contribution >= 4 is 73.4 Å². The van der Waals surface area contributed by atoms with Crippen LogP contribution in [-0.2, 0) is 0 Å². The second-order valence-electron chi connectivity index (χ2n) is 17.0. The molecule has 0 bridgehead atoms. The third-order valence-corrected chi connectivity index (χ3v) is 54.3. The zero-order valence-electron chi connectivity index (χ0n) is 36.3. The molecule has 0 saturated carbocycles. The van der Waals surface area contributed by atoms with Crippen LogP contribution in [0.25, 0.3) is 18.2 Å². The predicted octanol–water partition coefficient (Wildman–Crippen LogP) is 17.9. The van der Waals surface area contributed by atoms with E-state index in [2.05, 4.69) is 111 Å². The van der Waals surface area contributed by atoms with E-state index in [0.29, 0.717) is 0 Å². The summed E-state index contributed by atoms with van der Waals surface area (Å²) >= 11 is -7.15. The first-order valence-corrected chi connectivity index (χ1v) is 46.1. The fraction of sp³-hybridized carbons (Fsp3) is 0.750. The third kappa shape index (κ3) is 21.1. The molecular formula is C48H90Sn3. The van der Waals surface area contributed by atoms with Crippen LogP contribution in [0.15, 0.2) is 30.5 Å². The molecule has 1 rings (SSSR count). The van der Waals surface area contributed by atoms with Gasteiger partial charge in [0.2, 0.25) is 0 Å². The summed E-state index contributed by atoms with van der Waals surface area (Å²) in [6, 6.07) is 7.79. The van der Waals surface area contributed by atoms with Crippen LogP contribution in [-0.4, -0.2) is 55.1 Å². The van der Waals surface area contributed by atoms with Gasteiger partial charge in [-0.25, -0.2) is 0 Å². The van der Waals surface area contributed by atoms with E-state index in [9.17, 15) is 0 Å². The fourth-order valence-electron chi connectivity index (χ4n) is 8.44. The van der Waals surface area contributed by atoms with Crippen molar-refractivity contribution in [2.24, 2.45) is 0 Å². The molecule has 0 unspecified atom stereocenters. The van der Waals surface area contributed by atoms with E-state index < -0.39 is 55.1 Å². The fourth-order valence-corrected chi connectivity index (χ4v) is 51.0. The van der Waals surface area contributed by atoms with Crippen molar-refractivity contribution in [1.82, 2.24) is 0 Å². The standard InChI is InChI=1S/C12H9.9C4H9.3Sn/c1-4-10-7-11(5-2)9-12(6-3)8-10;9*1-3-4-2;;;/h1-9H;9*1,3-4H2,2H3;;;. The van der Waals surface area contributed by atoms with Gasteiger partial charge in [0.1, 0.15) is 0 Å². The molecule has 0 aliphatic carbocycles. The quantitative estimate of drug-likeness (QED) is 0.0616. The molecule has 0 aliphatic heterocycles. The second-order valence-corrected chi connectivity index (χ2v) is 56.0. The van der Waals surface area contributed by atoms with Gasteiger partial charge in [0, 0.05) is 0 Å². The van der Waals surface area contributed by atoms with Gasteiger partial charge in [0.25, 0.3) is 0 Å². The summed E-state index contributed by atoms with van der Waals surface area (Å²) in [4.78, 5) is 0. The van der Waals surface area contributed by atoms with E-state index in [1.54, 1.807) is 39.9 Å².